The molecule has 4 nitrogen and oxygen atoms in total. The molecule has 12 aromatic rings. The molecule has 0 aliphatic heterocycles. The fraction of sp³-hybridized carbons (Fsp3) is 0.0606. The van der Waals surface area contributed by atoms with Crippen LogP contribution < -0.4 is 0 Å². The highest BCUT2D eigenvalue weighted by Crippen LogP contribution is 2.48. The first-order valence-electron chi connectivity index (χ1n) is 23.7. The van der Waals surface area contributed by atoms with Crippen LogP contribution in [0.1, 0.15) is 27.8 Å². The number of aryl methyl sites for hydroxylation is 4. The van der Waals surface area contributed by atoms with Gasteiger partial charge in [-0.05, 0) is 126 Å². The van der Waals surface area contributed by atoms with Crippen molar-refractivity contribution >= 4 is 49.3 Å². The Morgan fingerprint density at radius 1 is 0.371 bits per heavy atom. The molecule has 0 spiro atoms. The second-order valence-corrected chi connectivity index (χ2v) is 18.7. The standard InChI is InChI=1S/C66H46N4/c1-41-11-6-16-46(31-41)50-21-25-56-57-26-22-51(47-17-7-12-42(2)32-47)37-62(57)69(61(56)36-50)60-30-29-55(54-20-10-15-45(35-54)40-67)66(65(60)68-5)70-63-38-52(48-18-8-13-43(3)33-48)23-27-58(63)59-28-24-53(39-64(59)70)49-19-9-14-44(4)34-49/h6-39H,1-4H3. The van der Waals surface area contributed by atoms with Gasteiger partial charge in [0.05, 0.1) is 51.6 Å². The molecule has 0 aliphatic rings. The first-order chi connectivity index (χ1) is 34.2. The van der Waals surface area contributed by atoms with E-state index in [1.165, 1.54) is 22.3 Å². The van der Waals surface area contributed by atoms with Crippen molar-refractivity contribution in [3.63, 3.8) is 0 Å². The van der Waals surface area contributed by atoms with E-state index in [4.69, 9.17) is 0 Å². The molecule has 0 bridgehead atoms. The predicted molar refractivity (Wildman–Crippen MR) is 292 cm³/mol. The Morgan fingerprint density at radius 2 is 0.729 bits per heavy atom. The lowest BCUT2D eigenvalue weighted by Crippen LogP contribution is -2.03. The van der Waals surface area contributed by atoms with Crippen LogP contribution in [0.4, 0.5) is 5.69 Å². The van der Waals surface area contributed by atoms with Crippen LogP contribution in [-0.2, 0) is 0 Å². The van der Waals surface area contributed by atoms with E-state index in [2.05, 4.69) is 236 Å². The third-order valence-electron chi connectivity index (χ3n) is 13.9. The van der Waals surface area contributed by atoms with Gasteiger partial charge in [0.1, 0.15) is 0 Å². The van der Waals surface area contributed by atoms with E-state index in [1.54, 1.807) is 0 Å². The summed E-state index contributed by atoms with van der Waals surface area (Å²) in [6.45, 7) is 18.0. The van der Waals surface area contributed by atoms with Crippen LogP contribution in [0.3, 0.4) is 0 Å². The van der Waals surface area contributed by atoms with Crippen LogP contribution in [0.15, 0.2) is 206 Å². The Bertz CT molecular complexity index is 4000. The average molecular weight is 895 g/mol. The van der Waals surface area contributed by atoms with Crippen LogP contribution in [0, 0.1) is 45.6 Å². The zero-order valence-electron chi connectivity index (χ0n) is 39.4. The maximum absolute atomic E-state index is 10.3. The van der Waals surface area contributed by atoms with Gasteiger partial charge in [-0.15, -0.1) is 0 Å². The maximum atomic E-state index is 10.3. The van der Waals surface area contributed by atoms with E-state index in [0.717, 1.165) is 111 Å². The molecule has 0 aliphatic carbocycles. The van der Waals surface area contributed by atoms with Crippen molar-refractivity contribution in [1.82, 2.24) is 9.13 Å². The van der Waals surface area contributed by atoms with Gasteiger partial charge in [0.25, 0.3) is 0 Å². The molecule has 12 rings (SSSR count). The first-order valence-corrected chi connectivity index (χ1v) is 23.7. The van der Waals surface area contributed by atoms with Gasteiger partial charge in [-0.1, -0.05) is 186 Å². The number of hydrogen-bond donors (Lipinski definition) is 0. The van der Waals surface area contributed by atoms with Gasteiger partial charge in [0.15, 0.2) is 0 Å². The largest absolute Gasteiger partial charge is 0.319 e. The van der Waals surface area contributed by atoms with E-state index in [9.17, 15) is 11.8 Å². The van der Waals surface area contributed by atoms with Crippen molar-refractivity contribution in [2.24, 2.45) is 0 Å². The molecular weight excluding hydrogens is 849 g/mol. The minimum atomic E-state index is 0.501. The molecule has 70 heavy (non-hydrogen) atoms. The van der Waals surface area contributed by atoms with Gasteiger partial charge in [0, 0.05) is 21.5 Å². The van der Waals surface area contributed by atoms with Gasteiger partial charge in [-0.2, -0.15) is 5.26 Å². The molecule has 0 saturated heterocycles. The van der Waals surface area contributed by atoms with Crippen molar-refractivity contribution in [2.75, 3.05) is 0 Å². The van der Waals surface area contributed by atoms with Gasteiger partial charge in [-0.25, -0.2) is 4.85 Å². The molecule has 0 N–H and O–H groups in total. The van der Waals surface area contributed by atoms with E-state index >= 15 is 0 Å². The van der Waals surface area contributed by atoms with Crippen molar-refractivity contribution in [3.05, 3.63) is 245 Å². The number of hydrogen-bond acceptors (Lipinski definition) is 1. The lowest BCUT2D eigenvalue weighted by Gasteiger charge is -2.21. The molecule has 2 heterocycles. The normalized spacial score (nSPS) is 11.4. The fourth-order valence-corrected chi connectivity index (χ4v) is 10.6. The lowest BCUT2D eigenvalue weighted by molar-refractivity contribution is 1.15. The number of benzene rings is 10. The number of nitriles is 1. The molecule has 0 unspecified atom stereocenters. The van der Waals surface area contributed by atoms with E-state index in [1.807, 2.05) is 18.2 Å². The highest BCUT2D eigenvalue weighted by molar-refractivity contribution is 6.14. The number of fused-ring (bicyclic) bond motifs is 6. The van der Waals surface area contributed by atoms with Crippen LogP contribution in [0.5, 0.6) is 0 Å². The Hall–Kier alpha value is -9.22. The first kappa shape index (κ1) is 42.2. The predicted octanol–water partition coefficient (Wildman–Crippen LogP) is 17.9. The summed E-state index contributed by atoms with van der Waals surface area (Å²) in [7, 11) is 0. The molecule has 4 heteroatoms. The second-order valence-electron chi connectivity index (χ2n) is 18.7. The van der Waals surface area contributed by atoms with Gasteiger partial charge in [-0.3, -0.25) is 0 Å². The summed E-state index contributed by atoms with van der Waals surface area (Å²) in [6, 6.07) is 76.0. The summed E-state index contributed by atoms with van der Waals surface area (Å²) in [6.07, 6.45) is 0. The average Bonchev–Trinajstić information content (AvgIpc) is 3.89. The Morgan fingerprint density at radius 3 is 1.10 bits per heavy atom. The molecule has 2 aromatic heterocycles. The number of rotatable bonds is 7. The highest BCUT2D eigenvalue weighted by Gasteiger charge is 2.26. The highest BCUT2D eigenvalue weighted by atomic mass is 15.1. The molecule has 0 saturated carbocycles. The Labute approximate surface area is 408 Å². The quantitative estimate of drug-likeness (QED) is 0.147. The van der Waals surface area contributed by atoms with Crippen molar-refractivity contribution < 1.29 is 0 Å². The lowest BCUT2D eigenvalue weighted by atomic mass is 9.98. The molecule has 330 valence electrons. The third-order valence-corrected chi connectivity index (χ3v) is 13.9. The number of aromatic nitrogens is 2. The fourth-order valence-electron chi connectivity index (χ4n) is 10.6. The molecule has 0 radical (unpaired) electrons. The zero-order valence-corrected chi connectivity index (χ0v) is 39.4. The maximum Gasteiger partial charge on any atom is 0.234 e. The summed E-state index contributed by atoms with van der Waals surface area (Å²) in [4.78, 5) is 4.65. The summed E-state index contributed by atoms with van der Waals surface area (Å²) >= 11 is 0. The van der Waals surface area contributed by atoms with Gasteiger partial charge < -0.3 is 9.13 Å². The summed E-state index contributed by atoms with van der Waals surface area (Å²) in [5.41, 5.74) is 21.9. The summed E-state index contributed by atoms with van der Waals surface area (Å²) < 4.78 is 4.65. The third kappa shape index (κ3) is 7.14. The Kier molecular flexibility index (Phi) is 10.1. The summed E-state index contributed by atoms with van der Waals surface area (Å²) in [5, 5.41) is 14.6. The molecule has 10 aromatic carbocycles. The molecule has 0 fully saturated rings. The van der Waals surface area contributed by atoms with Crippen LogP contribution >= 0.6 is 0 Å². The Balaban J connectivity index is 1.24. The van der Waals surface area contributed by atoms with Crippen LogP contribution in [0.25, 0.3) is 115 Å². The van der Waals surface area contributed by atoms with Crippen LogP contribution in [-0.4, -0.2) is 9.13 Å². The molecule has 0 atom stereocenters. The van der Waals surface area contributed by atoms with Crippen molar-refractivity contribution in [2.45, 2.75) is 27.7 Å². The summed E-state index contributed by atoms with van der Waals surface area (Å²) in [5.74, 6) is 0. The smallest absolute Gasteiger partial charge is 0.234 e. The van der Waals surface area contributed by atoms with E-state index < -0.39 is 0 Å². The van der Waals surface area contributed by atoms with Gasteiger partial charge in [0.2, 0.25) is 5.69 Å². The second kappa shape index (κ2) is 16.8. The molecule has 0 amide bonds. The number of nitrogens with zero attached hydrogens (tertiary/aromatic N) is 4. The van der Waals surface area contributed by atoms with Crippen molar-refractivity contribution in [1.29, 1.82) is 5.26 Å². The SMILES string of the molecule is [C-]#[N+]c1c(-n2c3cc(-c4cccc(C)c4)ccc3c3ccc(-c4cccc(C)c4)cc32)ccc(-c2cccc(C#N)c2)c1-n1c2cc(-c3cccc(C)c3)ccc2c2ccc(-c3cccc(C)c3)cc21. The van der Waals surface area contributed by atoms with Crippen molar-refractivity contribution in [3.8, 4) is 73.1 Å². The minimum Gasteiger partial charge on any atom is -0.319 e. The minimum absolute atomic E-state index is 0.501. The van der Waals surface area contributed by atoms with E-state index in [-0.39, 0.29) is 0 Å². The topological polar surface area (TPSA) is 38.0 Å². The monoisotopic (exact) mass is 894 g/mol. The van der Waals surface area contributed by atoms with Gasteiger partial charge >= 0.3 is 0 Å². The van der Waals surface area contributed by atoms with E-state index in [0.29, 0.717) is 11.3 Å². The van der Waals surface area contributed by atoms with Crippen LogP contribution in [0.2, 0.25) is 0 Å². The zero-order chi connectivity index (χ0) is 47.6. The molecular formula is C66H46N4.